The minimum absolute atomic E-state index is 0.0790. The Balaban J connectivity index is 2.33. The molecular formula is C16H26N4O3S. The highest BCUT2D eigenvalue weighted by Gasteiger charge is 2.24. The number of anilines is 2. The predicted octanol–water partition coefficient (Wildman–Crippen LogP) is 0.941. The van der Waals surface area contributed by atoms with Crippen molar-refractivity contribution in [1.29, 1.82) is 0 Å². The third kappa shape index (κ3) is 4.06. The zero-order valence-corrected chi connectivity index (χ0v) is 15.5. The Hall–Kier alpha value is -1.64. The molecule has 1 aromatic carbocycles. The van der Waals surface area contributed by atoms with Gasteiger partial charge in [-0.2, -0.15) is 0 Å². The molecule has 1 unspecified atom stereocenters. The molecule has 8 heteroatoms. The smallest absolute Gasteiger partial charge is 0.242 e. The van der Waals surface area contributed by atoms with Gasteiger partial charge in [0, 0.05) is 34.7 Å². The van der Waals surface area contributed by atoms with E-state index in [0.29, 0.717) is 12.2 Å². The maximum atomic E-state index is 12.5. The number of sulfonamides is 1. The van der Waals surface area contributed by atoms with E-state index < -0.39 is 10.0 Å². The van der Waals surface area contributed by atoms with E-state index in [2.05, 4.69) is 10.6 Å². The number of nitrogens with zero attached hydrogens (tertiary/aromatic N) is 2. The molecule has 1 fully saturated rings. The third-order valence-corrected chi connectivity index (χ3v) is 5.97. The van der Waals surface area contributed by atoms with Crippen molar-refractivity contribution in [3.63, 3.8) is 0 Å². The molecular weight excluding hydrogens is 328 g/mol. The monoisotopic (exact) mass is 354 g/mol. The van der Waals surface area contributed by atoms with Gasteiger partial charge in [0.15, 0.2) is 0 Å². The number of benzene rings is 1. The highest BCUT2D eigenvalue weighted by Crippen LogP contribution is 2.29. The van der Waals surface area contributed by atoms with E-state index in [1.54, 1.807) is 12.1 Å². The lowest BCUT2D eigenvalue weighted by Crippen LogP contribution is -2.37. The van der Waals surface area contributed by atoms with E-state index in [-0.39, 0.29) is 16.7 Å². The number of hydrogen-bond acceptors (Lipinski definition) is 5. The predicted molar refractivity (Wildman–Crippen MR) is 95.9 cm³/mol. The molecule has 0 radical (unpaired) electrons. The molecule has 0 saturated carbocycles. The summed E-state index contributed by atoms with van der Waals surface area (Å²) in [6.45, 7) is 1.59. The Kier molecular flexibility index (Phi) is 5.84. The van der Waals surface area contributed by atoms with Crippen LogP contribution in [0.25, 0.3) is 0 Å². The summed E-state index contributed by atoms with van der Waals surface area (Å²) in [7, 11) is 3.13. The van der Waals surface area contributed by atoms with Crippen molar-refractivity contribution in [2.75, 3.05) is 51.5 Å². The van der Waals surface area contributed by atoms with E-state index in [0.717, 1.165) is 29.4 Å². The van der Waals surface area contributed by atoms with E-state index >= 15 is 0 Å². The van der Waals surface area contributed by atoms with Crippen molar-refractivity contribution in [2.24, 2.45) is 5.92 Å². The van der Waals surface area contributed by atoms with Crippen LogP contribution in [0.15, 0.2) is 23.1 Å². The molecule has 24 heavy (non-hydrogen) atoms. The normalized spacial score (nSPS) is 18.5. The fraction of sp³-hybridized carbons (Fsp3) is 0.562. The Morgan fingerprint density at radius 1 is 1.25 bits per heavy atom. The minimum Gasteiger partial charge on any atom is -0.376 e. The van der Waals surface area contributed by atoms with E-state index in [4.69, 9.17) is 0 Å². The van der Waals surface area contributed by atoms with Crippen molar-refractivity contribution in [1.82, 2.24) is 9.62 Å². The summed E-state index contributed by atoms with van der Waals surface area (Å²) < 4.78 is 25.8. The zero-order chi connectivity index (χ0) is 17.9. The summed E-state index contributed by atoms with van der Waals surface area (Å²) in [4.78, 5) is 14.5. The second-order valence-corrected chi connectivity index (χ2v) is 8.55. The van der Waals surface area contributed by atoms with Crippen LogP contribution < -0.4 is 15.5 Å². The topological polar surface area (TPSA) is 81.8 Å². The van der Waals surface area contributed by atoms with Crippen LogP contribution in [-0.4, -0.2) is 59.9 Å². The first-order chi connectivity index (χ1) is 11.2. The first-order valence-electron chi connectivity index (χ1n) is 7.99. The van der Waals surface area contributed by atoms with Crippen LogP contribution in [0.2, 0.25) is 0 Å². The molecule has 134 valence electrons. The lowest BCUT2D eigenvalue weighted by molar-refractivity contribution is -0.120. The molecule has 1 aliphatic heterocycles. The van der Waals surface area contributed by atoms with E-state index in [9.17, 15) is 13.2 Å². The molecule has 0 spiro atoms. The van der Waals surface area contributed by atoms with Crippen LogP contribution >= 0.6 is 0 Å². The molecule has 0 bridgehead atoms. The average molecular weight is 354 g/mol. The number of piperidine rings is 1. The van der Waals surface area contributed by atoms with Crippen LogP contribution in [0.1, 0.15) is 12.8 Å². The van der Waals surface area contributed by atoms with Gasteiger partial charge in [-0.15, -0.1) is 0 Å². The summed E-state index contributed by atoms with van der Waals surface area (Å²) in [5, 5.41) is 6.13. The Morgan fingerprint density at radius 3 is 2.50 bits per heavy atom. The summed E-state index contributed by atoms with van der Waals surface area (Å²) in [6.07, 6.45) is 1.81. The molecule has 1 aliphatic rings. The van der Waals surface area contributed by atoms with Crippen LogP contribution in [0.4, 0.5) is 11.4 Å². The quantitative estimate of drug-likeness (QED) is 0.822. The second-order valence-electron chi connectivity index (χ2n) is 6.39. The average Bonchev–Trinajstić information content (AvgIpc) is 2.55. The Bertz CT molecular complexity index is 695. The number of amides is 1. The van der Waals surface area contributed by atoms with Crippen LogP contribution in [0.5, 0.6) is 0 Å². The van der Waals surface area contributed by atoms with Crippen molar-refractivity contribution in [2.45, 2.75) is 17.7 Å². The summed E-state index contributed by atoms with van der Waals surface area (Å²) in [6, 6.07) is 4.80. The zero-order valence-electron chi connectivity index (χ0n) is 14.7. The molecule has 2 N–H and O–H groups in total. The maximum absolute atomic E-state index is 12.5. The van der Waals surface area contributed by atoms with Gasteiger partial charge < -0.3 is 15.5 Å². The number of nitrogens with one attached hydrogen (secondary N) is 2. The number of carbonyl (C=O) groups excluding carboxylic acids is 1. The number of carbonyl (C=O) groups is 1. The fourth-order valence-corrected chi connectivity index (χ4v) is 3.62. The highest BCUT2D eigenvalue weighted by atomic mass is 32.2. The van der Waals surface area contributed by atoms with Gasteiger partial charge in [0.25, 0.3) is 0 Å². The van der Waals surface area contributed by atoms with Crippen LogP contribution in [0, 0.1) is 5.92 Å². The molecule has 0 aromatic heterocycles. The third-order valence-electron chi connectivity index (χ3n) is 4.15. The molecule has 2 rings (SSSR count). The van der Waals surface area contributed by atoms with Gasteiger partial charge in [-0.05, 0) is 37.6 Å². The highest BCUT2D eigenvalue weighted by molar-refractivity contribution is 7.89. The van der Waals surface area contributed by atoms with E-state index in [1.165, 1.54) is 20.2 Å². The molecule has 1 aromatic rings. The van der Waals surface area contributed by atoms with Crippen LogP contribution in [-0.2, 0) is 14.8 Å². The maximum Gasteiger partial charge on any atom is 0.242 e. The van der Waals surface area contributed by atoms with Gasteiger partial charge in [0.05, 0.1) is 22.2 Å². The van der Waals surface area contributed by atoms with Gasteiger partial charge in [0.1, 0.15) is 0 Å². The Morgan fingerprint density at radius 2 is 1.96 bits per heavy atom. The standard InChI is InChI=1S/C16H26N4O3S/c1-19(2)15-8-7-13(24(22,23)20(3)4)10-14(15)18-16(21)12-6-5-9-17-11-12/h7-8,10,12,17H,5-6,9,11H2,1-4H3,(H,18,21). The summed E-state index contributed by atoms with van der Waals surface area (Å²) in [5.41, 5.74) is 1.28. The van der Waals surface area contributed by atoms with Gasteiger partial charge in [-0.1, -0.05) is 0 Å². The van der Waals surface area contributed by atoms with E-state index in [1.807, 2.05) is 19.0 Å². The fourth-order valence-electron chi connectivity index (χ4n) is 2.69. The second kappa shape index (κ2) is 7.50. The van der Waals surface area contributed by atoms with Gasteiger partial charge in [-0.3, -0.25) is 4.79 Å². The molecule has 7 nitrogen and oxygen atoms in total. The molecule has 1 saturated heterocycles. The number of hydrogen-bond donors (Lipinski definition) is 2. The van der Waals surface area contributed by atoms with Crippen LogP contribution in [0.3, 0.4) is 0 Å². The van der Waals surface area contributed by atoms with Gasteiger partial charge in [0.2, 0.25) is 15.9 Å². The SMILES string of the molecule is CN(C)c1ccc(S(=O)(=O)N(C)C)cc1NC(=O)C1CCCNC1. The molecule has 1 atom stereocenters. The Labute approximate surface area is 144 Å². The van der Waals surface area contributed by atoms with Gasteiger partial charge in [-0.25, -0.2) is 12.7 Å². The largest absolute Gasteiger partial charge is 0.376 e. The lowest BCUT2D eigenvalue weighted by atomic mass is 9.98. The molecule has 1 amide bonds. The summed E-state index contributed by atoms with van der Waals surface area (Å²) >= 11 is 0. The summed E-state index contributed by atoms with van der Waals surface area (Å²) in [5.74, 6) is -0.174. The van der Waals surface area contributed by atoms with Crippen molar-refractivity contribution >= 4 is 27.3 Å². The van der Waals surface area contributed by atoms with Crippen molar-refractivity contribution in [3.8, 4) is 0 Å². The minimum atomic E-state index is -3.55. The first kappa shape index (κ1) is 18.7. The molecule has 1 heterocycles. The van der Waals surface area contributed by atoms with Crippen molar-refractivity contribution < 1.29 is 13.2 Å². The number of rotatable bonds is 5. The molecule has 0 aliphatic carbocycles. The first-order valence-corrected chi connectivity index (χ1v) is 9.43. The lowest BCUT2D eigenvalue weighted by Gasteiger charge is -2.24. The van der Waals surface area contributed by atoms with Gasteiger partial charge >= 0.3 is 0 Å². The van der Waals surface area contributed by atoms with Crippen molar-refractivity contribution in [3.05, 3.63) is 18.2 Å².